The summed E-state index contributed by atoms with van der Waals surface area (Å²) in [6.07, 6.45) is 1.57. The molecule has 0 aliphatic carbocycles. The number of β-amino-alcohol motifs (C(OH)–C–C–N with tert-alkyl or cyclic N) is 1. The van der Waals surface area contributed by atoms with Crippen molar-refractivity contribution in [3.63, 3.8) is 0 Å². The largest absolute Gasteiger partial charge is 0.459 e. The summed E-state index contributed by atoms with van der Waals surface area (Å²) >= 11 is 0. The number of benzene rings is 1. The molecule has 3 rings (SSSR count). The van der Waals surface area contributed by atoms with Crippen molar-refractivity contribution < 1.29 is 19.1 Å². The van der Waals surface area contributed by atoms with E-state index in [2.05, 4.69) is 5.32 Å². The number of rotatable bonds is 3. The highest BCUT2D eigenvalue weighted by molar-refractivity contribution is 6.03. The molecule has 0 bridgehead atoms. The molecule has 2 N–H and O–H groups in total. The molecule has 2 heterocycles. The lowest BCUT2D eigenvalue weighted by atomic mass is 10.1. The lowest BCUT2D eigenvalue weighted by Crippen LogP contribution is -2.29. The van der Waals surface area contributed by atoms with Crippen LogP contribution in [0.4, 0.5) is 5.69 Å². The minimum atomic E-state index is -0.453. The first kappa shape index (κ1) is 14.3. The lowest BCUT2D eigenvalue weighted by molar-refractivity contribution is 0.0764. The van der Waals surface area contributed by atoms with E-state index in [0.717, 1.165) is 0 Å². The molecule has 6 heteroatoms. The van der Waals surface area contributed by atoms with Gasteiger partial charge in [0.15, 0.2) is 5.76 Å². The molecule has 0 unspecified atom stereocenters. The van der Waals surface area contributed by atoms with Crippen molar-refractivity contribution in [1.82, 2.24) is 4.90 Å². The summed E-state index contributed by atoms with van der Waals surface area (Å²) in [5.41, 5.74) is 0.998. The van der Waals surface area contributed by atoms with Crippen LogP contribution in [0.2, 0.25) is 0 Å². The average Bonchev–Trinajstić information content (AvgIpc) is 3.18. The van der Waals surface area contributed by atoms with E-state index < -0.39 is 6.10 Å². The Morgan fingerprint density at radius 3 is 2.82 bits per heavy atom. The molecule has 1 aliphatic heterocycles. The number of amides is 2. The Kier molecular flexibility index (Phi) is 3.93. The standard InChI is InChI=1S/C16H16N2O4/c19-13-6-7-18(10-13)16(21)11-3-1-4-12(9-11)17-15(20)14-5-2-8-22-14/h1-5,8-9,13,19H,6-7,10H2,(H,17,20)/t13-/m0/s1. The Bertz CT molecular complexity index is 681. The van der Waals surface area contributed by atoms with E-state index in [-0.39, 0.29) is 17.6 Å². The van der Waals surface area contributed by atoms with Gasteiger partial charge in [-0.25, -0.2) is 0 Å². The highest BCUT2D eigenvalue weighted by Crippen LogP contribution is 2.17. The molecule has 0 saturated carbocycles. The van der Waals surface area contributed by atoms with E-state index in [1.54, 1.807) is 41.3 Å². The molecular weight excluding hydrogens is 284 g/mol. The number of hydrogen-bond donors (Lipinski definition) is 2. The molecule has 22 heavy (non-hydrogen) atoms. The molecule has 1 atom stereocenters. The fourth-order valence-electron chi connectivity index (χ4n) is 2.44. The number of carbonyl (C=O) groups excluding carboxylic acids is 2. The van der Waals surface area contributed by atoms with Crippen molar-refractivity contribution in [1.29, 1.82) is 0 Å². The Morgan fingerprint density at radius 1 is 1.27 bits per heavy atom. The molecule has 1 fully saturated rings. The Labute approximate surface area is 127 Å². The second-order valence-corrected chi connectivity index (χ2v) is 5.21. The van der Waals surface area contributed by atoms with Crippen molar-refractivity contribution in [3.05, 3.63) is 54.0 Å². The number of furan rings is 1. The minimum absolute atomic E-state index is 0.148. The number of likely N-dealkylation sites (tertiary alicyclic amines) is 1. The van der Waals surface area contributed by atoms with Gasteiger partial charge in [-0.1, -0.05) is 6.07 Å². The lowest BCUT2D eigenvalue weighted by Gasteiger charge is -2.16. The molecule has 2 amide bonds. The maximum Gasteiger partial charge on any atom is 0.291 e. The summed E-state index contributed by atoms with van der Waals surface area (Å²) in [5, 5.41) is 12.2. The molecule has 114 valence electrons. The topological polar surface area (TPSA) is 82.8 Å². The van der Waals surface area contributed by atoms with Crippen LogP contribution in [-0.4, -0.2) is 41.0 Å². The normalized spacial score (nSPS) is 17.5. The molecule has 6 nitrogen and oxygen atoms in total. The summed E-state index contributed by atoms with van der Waals surface area (Å²) in [7, 11) is 0. The second-order valence-electron chi connectivity index (χ2n) is 5.21. The van der Waals surface area contributed by atoms with Crippen LogP contribution in [0.25, 0.3) is 0 Å². The van der Waals surface area contributed by atoms with Crippen molar-refractivity contribution in [2.75, 3.05) is 18.4 Å². The Hall–Kier alpha value is -2.60. The first-order valence-electron chi connectivity index (χ1n) is 7.06. The summed E-state index contributed by atoms with van der Waals surface area (Å²) in [5.74, 6) is -0.309. The van der Waals surface area contributed by atoms with Gasteiger partial charge in [-0.3, -0.25) is 9.59 Å². The quantitative estimate of drug-likeness (QED) is 0.904. The summed E-state index contributed by atoms with van der Waals surface area (Å²) in [6.45, 7) is 0.894. The van der Waals surface area contributed by atoms with Crippen LogP contribution in [0.15, 0.2) is 47.1 Å². The number of aliphatic hydroxyl groups is 1. The van der Waals surface area contributed by atoms with E-state index >= 15 is 0 Å². The first-order chi connectivity index (χ1) is 10.6. The fraction of sp³-hybridized carbons (Fsp3) is 0.250. The van der Waals surface area contributed by atoms with Crippen LogP contribution in [0.3, 0.4) is 0 Å². The number of carbonyl (C=O) groups is 2. The van der Waals surface area contributed by atoms with Crippen LogP contribution in [0.5, 0.6) is 0 Å². The van der Waals surface area contributed by atoms with Gasteiger partial charge in [0.05, 0.1) is 12.4 Å². The number of aliphatic hydroxyl groups excluding tert-OH is 1. The van der Waals surface area contributed by atoms with E-state index in [4.69, 9.17) is 4.42 Å². The molecule has 1 saturated heterocycles. The van der Waals surface area contributed by atoms with Gasteiger partial charge >= 0.3 is 0 Å². The molecule has 1 aliphatic rings. The molecule has 2 aromatic rings. The van der Waals surface area contributed by atoms with Gasteiger partial charge in [-0.2, -0.15) is 0 Å². The van der Waals surface area contributed by atoms with Crippen molar-refractivity contribution >= 4 is 17.5 Å². The minimum Gasteiger partial charge on any atom is -0.459 e. The van der Waals surface area contributed by atoms with E-state index in [0.29, 0.717) is 30.8 Å². The molecule has 0 spiro atoms. The highest BCUT2D eigenvalue weighted by atomic mass is 16.3. The maximum atomic E-state index is 12.3. The van der Waals surface area contributed by atoms with Crippen LogP contribution in [-0.2, 0) is 0 Å². The predicted octanol–water partition coefficient (Wildman–Crippen LogP) is 1.74. The summed E-state index contributed by atoms with van der Waals surface area (Å²) in [6, 6.07) is 9.92. The van der Waals surface area contributed by atoms with Crippen LogP contribution >= 0.6 is 0 Å². The Morgan fingerprint density at radius 2 is 2.14 bits per heavy atom. The van der Waals surface area contributed by atoms with Gasteiger partial charge in [0.1, 0.15) is 0 Å². The molecule has 1 aromatic heterocycles. The monoisotopic (exact) mass is 300 g/mol. The molecule has 0 radical (unpaired) electrons. The number of nitrogens with zero attached hydrogens (tertiary/aromatic N) is 1. The SMILES string of the molecule is O=C(Nc1cccc(C(=O)N2CC[C@H](O)C2)c1)c1ccco1. The zero-order chi connectivity index (χ0) is 15.5. The molecule has 1 aromatic carbocycles. The fourth-order valence-corrected chi connectivity index (χ4v) is 2.44. The van der Waals surface area contributed by atoms with Crippen molar-refractivity contribution in [2.45, 2.75) is 12.5 Å². The van der Waals surface area contributed by atoms with Gasteiger partial charge in [-0.15, -0.1) is 0 Å². The van der Waals surface area contributed by atoms with Gasteiger partial charge in [0, 0.05) is 24.3 Å². The van der Waals surface area contributed by atoms with Crippen LogP contribution < -0.4 is 5.32 Å². The zero-order valence-corrected chi connectivity index (χ0v) is 11.9. The van der Waals surface area contributed by atoms with Gasteiger partial charge in [-0.05, 0) is 36.8 Å². The second kappa shape index (κ2) is 6.03. The summed E-state index contributed by atoms with van der Waals surface area (Å²) < 4.78 is 5.02. The molecular formula is C16H16N2O4. The third-order valence-electron chi connectivity index (χ3n) is 3.56. The van der Waals surface area contributed by atoms with Gasteiger partial charge in [0.25, 0.3) is 11.8 Å². The van der Waals surface area contributed by atoms with Gasteiger partial charge in [0.2, 0.25) is 0 Å². The number of nitrogens with one attached hydrogen (secondary N) is 1. The third-order valence-corrected chi connectivity index (χ3v) is 3.56. The van der Waals surface area contributed by atoms with Crippen molar-refractivity contribution in [2.24, 2.45) is 0 Å². The average molecular weight is 300 g/mol. The van der Waals surface area contributed by atoms with E-state index in [9.17, 15) is 14.7 Å². The number of hydrogen-bond acceptors (Lipinski definition) is 4. The van der Waals surface area contributed by atoms with Crippen LogP contribution in [0.1, 0.15) is 27.3 Å². The first-order valence-corrected chi connectivity index (χ1v) is 7.06. The Balaban J connectivity index is 1.72. The number of anilines is 1. The zero-order valence-electron chi connectivity index (χ0n) is 11.9. The van der Waals surface area contributed by atoms with Gasteiger partial charge < -0.3 is 19.7 Å². The van der Waals surface area contributed by atoms with Crippen molar-refractivity contribution in [3.8, 4) is 0 Å². The smallest absolute Gasteiger partial charge is 0.291 e. The van der Waals surface area contributed by atoms with Crippen LogP contribution in [0, 0.1) is 0 Å². The van der Waals surface area contributed by atoms with E-state index in [1.807, 2.05) is 0 Å². The summed E-state index contributed by atoms with van der Waals surface area (Å²) in [4.78, 5) is 25.9. The highest BCUT2D eigenvalue weighted by Gasteiger charge is 2.25. The maximum absolute atomic E-state index is 12.3. The van der Waals surface area contributed by atoms with E-state index in [1.165, 1.54) is 6.26 Å². The third kappa shape index (κ3) is 3.01. The predicted molar refractivity (Wildman–Crippen MR) is 79.6 cm³/mol.